The third kappa shape index (κ3) is 2.41. The predicted molar refractivity (Wildman–Crippen MR) is 65.0 cm³/mol. The number of nitrogens with one attached hydrogen (secondary N) is 1. The average molecular weight is 242 g/mol. The number of aromatic nitrogens is 1. The topological polar surface area (TPSA) is 59.1 Å². The molecule has 16 heavy (non-hydrogen) atoms. The molecule has 5 heteroatoms. The van der Waals surface area contributed by atoms with Crippen LogP contribution in [0.5, 0.6) is 0 Å². The van der Waals surface area contributed by atoms with Crippen LogP contribution in [0, 0.1) is 0 Å². The highest BCUT2D eigenvalue weighted by atomic mass is 32.2. The molecule has 0 radical (unpaired) electrons. The van der Waals surface area contributed by atoms with Gasteiger partial charge in [0.2, 0.25) is 0 Å². The Hall–Kier alpha value is -0.940. The fourth-order valence-electron chi connectivity index (χ4n) is 1.68. The maximum atomic E-state index is 11.8. The number of nitrogens with zero attached hydrogens (tertiary/aromatic N) is 1. The van der Waals surface area contributed by atoms with Crippen LogP contribution < -0.4 is 5.32 Å². The first kappa shape index (κ1) is 13.1. The van der Waals surface area contributed by atoms with E-state index in [1.54, 1.807) is 39.4 Å². The number of pyridine rings is 1. The molecular weight excluding hydrogens is 224 g/mol. The highest BCUT2D eigenvalue weighted by molar-refractivity contribution is 7.92. The van der Waals surface area contributed by atoms with Crippen molar-refractivity contribution < 1.29 is 8.42 Å². The summed E-state index contributed by atoms with van der Waals surface area (Å²) in [7, 11) is -1.40. The lowest BCUT2D eigenvalue weighted by molar-refractivity contribution is 0.445. The molecule has 0 spiro atoms. The number of hydrogen-bond acceptors (Lipinski definition) is 4. The first-order valence-electron chi connectivity index (χ1n) is 5.07. The second kappa shape index (κ2) is 4.51. The number of hydrogen-bond donors (Lipinski definition) is 1. The lowest BCUT2D eigenvalue weighted by atomic mass is 9.97. The molecular formula is C11H18N2O2S. The summed E-state index contributed by atoms with van der Waals surface area (Å²) in [6.07, 6.45) is 4.62. The van der Waals surface area contributed by atoms with Crippen LogP contribution >= 0.6 is 0 Å². The van der Waals surface area contributed by atoms with Gasteiger partial charge in [-0.05, 0) is 32.5 Å². The summed E-state index contributed by atoms with van der Waals surface area (Å²) in [6.45, 7) is 3.44. The van der Waals surface area contributed by atoms with E-state index in [0.717, 1.165) is 5.56 Å². The van der Waals surface area contributed by atoms with Gasteiger partial charge < -0.3 is 5.32 Å². The predicted octanol–water partition coefficient (Wildman–Crippen LogP) is 1.17. The molecule has 0 fully saturated rings. The molecule has 0 aliphatic rings. The van der Waals surface area contributed by atoms with Gasteiger partial charge in [0.25, 0.3) is 0 Å². The summed E-state index contributed by atoms with van der Waals surface area (Å²) in [5, 5.41) is 3.05. The van der Waals surface area contributed by atoms with Crippen molar-refractivity contribution in [2.45, 2.75) is 24.6 Å². The van der Waals surface area contributed by atoms with Crippen LogP contribution in [0.2, 0.25) is 0 Å². The van der Waals surface area contributed by atoms with Gasteiger partial charge in [0, 0.05) is 18.6 Å². The molecule has 0 aromatic carbocycles. The molecule has 0 amide bonds. The Labute approximate surface area is 97.0 Å². The molecule has 1 aromatic heterocycles. The smallest absolute Gasteiger partial charge is 0.154 e. The molecule has 1 heterocycles. The molecule has 90 valence electrons. The first-order valence-corrected chi connectivity index (χ1v) is 6.96. The summed E-state index contributed by atoms with van der Waals surface area (Å²) in [5.74, 6) is 0. The van der Waals surface area contributed by atoms with Crippen molar-refractivity contribution in [3.8, 4) is 0 Å². The van der Waals surface area contributed by atoms with Gasteiger partial charge in [-0.15, -0.1) is 0 Å². The number of sulfone groups is 1. The minimum absolute atomic E-state index is 0.267. The minimum Gasteiger partial charge on any atom is -0.312 e. The van der Waals surface area contributed by atoms with Gasteiger partial charge in [0.15, 0.2) is 9.84 Å². The van der Waals surface area contributed by atoms with Crippen LogP contribution in [0.3, 0.4) is 0 Å². The van der Waals surface area contributed by atoms with Gasteiger partial charge in [0.05, 0.1) is 10.8 Å². The van der Waals surface area contributed by atoms with Crippen LogP contribution in [0.25, 0.3) is 0 Å². The van der Waals surface area contributed by atoms with E-state index >= 15 is 0 Å². The lowest BCUT2D eigenvalue weighted by Crippen LogP contribution is -2.43. The zero-order valence-electron chi connectivity index (χ0n) is 10.1. The fourth-order valence-corrected chi connectivity index (χ4v) is 2.36. The zero-order chi connectivity index (χ0) is 12.4. The first-order chi connectivity index (χ1) is 7.30. The standard InChI is InChI=1S/C11H18N2O2S/c1-11(2,16(4,14)15)10(12-3)9-6-5-7-13-8-9/h5-8,10,12H,1-4H3. The van der Waals surface area contributed by atoms with Gasteiger partial charge >= 0.3 is 0 Å². The maximum Gasteiger partial charge on any atom is 0.154 e. The van der Waals surface area contributed by atoms with Gasteiger partial charge in [-0.2, -0.15) is 0 Å². The fraction of sp³-hybridized carbons (Fsp3) is 0.545. The van der Waals surface area contributed by atoms with Crippen LogP contribution in [0.4, 0.5) is 0 Å². The summed E-state index contributed by atoms with van der Waals surface area (Å²) in [5.41, 5.74) is 0.875. The molecule has 1 unspecified atom stereocenters. The van der Waals surface area contributed by atoms with E-state index in [1.807, 2.05) is 6.07 Å². The van der Waals surface area contributed by atoms with Crippen LogP contribution in [-0.4, -0.2) is 31.5 Å². The van der Waals surface area contributed by atoms with Gasteiger partial charge in [0.1, 0.15) is 0 Å². The average Bonchev–Trinajstić information content (AvgIpc) is 2.18. The second-order valence-corrected chi connectivity index (χ2v) is 6.98. The third-order valence-electron chi connectivity index (χ3n) is 2.96. The van der Waals surface area contributed by atoms with Crippen LogP contribution in [0.15, 0.2) is 24.5 Å². The molecule has 0 bridgehead atoms. The highest BCUT2D eigenvalue weighted by Crippen LogP contribution is 2.31. The van der Waals surface area contributed by atoms with E-state index in [1.165, 1.54) is 6.26 Å². The van der Waals surface area contributed by atoms with Crippen LogP contribution in [-0.2, 0) is 9.84 Å². The van der Waals surface area contributed by atoms with Gasteiger partial charge in [-0.25, -0.2) is 8.42 Å². The molecule has 1 rings (SSSR count). The Morgan fingerprint density at radius 1 is 1.44 bits per heavy atom. The quantitative estimate of drug-likeness (QED) is 0.861. The van der Waals surface area contributed by atoms with E-state index in [9.17, 15) is 8.42 Å². The van der Waals surface area contributed by atoms with Crippen LogP contribution in [0.1, 0.15) is 25.5 Å². The van der Waals surface area contributed by atoms with E-state index in [0.29, 0.717) is 0 Å². The zero-order valence-corrected chi connectivity index (χ0v) is 10.9. The van der Waals surface area contributed by atoms with E-state index in [-0.39, 0.29) is 6.04 Å². The highest BCUT2D eigenvalue weighted by Gasteiger charge is 2.39. The molecule has 1 atom stereocenters. The summed E-state index contributed by atoms with van der Waals surface area (Å²) in [6, 6.07) is 3.41. The Bertz CT molecular complexity index is 440. The SMILES string of the molecule is CNC(c1cccnc1)C(C)(C)S(C)(=O)=O. The maximum absolute atomic E-state index is 11.8. The van der Waals surface area contributed by atoms with Crippen molar-refractivity contribution in [2.75, 3.05) is 13.3 Å². The van der Waals surface area contributed by atoms with Gasteiger partial charge in [-0.3, -0.25) is 4.98 Å². The molecule has 1 aromatic rings. The second-order valence-electron chi connectivity index (χ2n) is 4.38. The van der Waals surface area contributed by atoms with E-state index in [2.05, 4.69) is 10.3 Å². The minimum atomic E-state index is -3.15. The van der Waals surface area contributed by atoms with Crippen molar-refractivity contribution in [1.29, 1.82) is 0 Å². The Morgan fingerprint density at radius 3 is 2.44 bits per heavy atom. The molecule has 0 aliphatic heterocycles. The molecule has 4 nitrogen and oxygen atoms in total. The summed E-state index contributed by atoms with van der Waals surface area (Å²) < 4.78 is 22.7. The Balaban J connectivity index is 3.19. The summed E-state index contributed by atoms with van der Waals surface area (Å²) in [4.78, 5) is 4.01. The van der Waals surface area contributed by atoms with Crippen molar-refractivity contribution in [2.24, 2.45) is 0 Å². The van der Waals surface area contributed by atoms with Gasteiger partial charge in [-0.1, -0.05) is 6.07 Å². The largest absolute Gasteiger partial charge is 0.312 e. The third-order valence-corrected chi connectivity index (χ3v) is 5.10. The van der Waals surface area contributed by atoms with Crippen molar-refractivity contribution in [3.63, 3.8) is 0 Å². The molecule has 0 aliphatic carbocycles. The molecule has 0 saturated carbocycles. The van der Waals surface area contributed by atoms with E-state index < -0.39 is 14.6 Å². The monoisotopic (exact) mass is 242 g/mol. The van der Waals surface area contributed by atoms with Crippen molar-refractivity contribution >= 4 is 9.84 Å². The molecule has 1 N–H and O–H groups in total. The van der Waals surface area contributed by atoms with Crippen molar-refractivity contribution in [1.82, 2.24) is 10.3 Å². The molecule has 0 saturated heterocycles. The summed E-state index contributed by atoms with van der Waals surface area (Å²) >= 11 is 0. The normalized spacial score (nSPS) is 14.8. The lowest BCUT2D eigenvalue weighted by Gasteiger charge is -2.32. The number of rotatable bonds is 4. The Morgan fingerprint density at radius 2 is 2.06 bits per heavy atom. The Kier molecular flexibility index (Phi) is 3.70. The van der Waals surface area contributed by atoms with Crippen molar-refractivity contribution in [3.05, 3.63) is 30.1 Å². The van der Waals surface area contributed by atoms with E-state index in [4.69, 9.17) is 0 Å².